The van der Waals surface area contributed by atoms with Crippen LogP contribution >= 0.6 is 0 Å². The summed E-state index contributed by atoms with van der Waals surface area (Å²) in [6.45, 7) is 1.86. The maximum atomic E-state index is 12.1. The Bertz CT molecular complexity index is 512. The first-order valence-corrected chi connectivity index (χ1v) is 6.98. The molecule has 1 heterocycles. The van der Waals surface area contributed by atoms with Crippen molar-refractivity contribution in [1.29, 1.82) is 0 Å². The zero-order chi connectivity index (χ0) is 14.0. The summed E-state index contributed by atoms with van der Waals surface area (Å²) in [4.78, 5) is 12.1. The van der Waals surface area contributed by atoms with Crippen LogP contribution in [0, 0.1) is 0 Å². The number of hydrogen-bond donors (Lipinski definition) is 2. The third kappa shape index (κ3) is 2.64. The summed E-state index contributed by atoms with van der Waals surface area (Å²) in [5.74, 6) is 0. The number of nitrogens with one attached hydrogen (secondary N) is 2. The van der Waals surface area contributed by atoms with E-state index in [1.165, 1.54) is 5.56 Å². The third-order valence-corrected chi connectivity index (χ3v) is 4.09. The van der Waals surface area contributed by atoms with E-state index in [0.29, 0.717) is 19.8 Å². The predicted molar refractivity (Wildman–Crippen MR) is 75.5 cm³/mol. The first-order valence-electron chi connectivity index (χ1n) is 6.98. The number of benzene rings is 1. The molecule has 0 spiro atoms. The molecule has 0 bridgehead atoms. The fraction of sp³-hybridized carbons (Fsp3) is 0.533. The maximum absolute atomic E-state index is 12.1. The van der Waals surface area contributed by atoms with Gasteiger partial charge in [-0.25, -0.2) is 4.79 Å². The monoisotopic (exact) mass is 276 g/mol. The molecule has 1 aliphatic heterocycles. The van der Waals surface area contributed by atoms with Gasteiger partial charge in [0.05, 0.1) is 25.4 Å². The average molecular weight is 276 g/mol. The van der Waals surface area contributed by atoms with Crippen LogP contribution in [0.2, 0.25) is 0 Å². The first-order chi connectivity index (χ1) is 9.71. The summed E-state index contributed by atoms with van der Waals surface area (Å²) in [5, 5.41) is 5.93. The quantitative estimate of drug-likeness (QED) is 0.887. The highest BCUT2D eigenvalue weighted by Gasteiger charge is 2.38. The van der Waals surface area contributed by atoms with Crippen LogP contribution < -0.4 is 10.6 Å². The third-order valence-electron chi connectivity index (χ3n) is 4.09. The van der Waals surface area contributed by atoms with Gasteiger partial charge in [-0.2, -0.15) is 0 Å². The number of amides is 2. The predicted octanol–water partition coefficient (Wildman–Crippen LogP) is 2.41. The van der Waals surface area contributed by atoms with Crippen LogP contribution in [-0.2, 0) is 22.7 Å². The number of urea groups is 1. The van der Waals surface area contributed by atoms with Crippen LogP contribution in [-0.4, -0.2) is 25.3 Å². The van der Waals surface area contributed by atoms with E-state index in [1.54, 1.807) is 7.11 Å². The molecule has 2 aliphatic rings. The Hall–Kier alpha value is -1.59. The number of ether oxygens (including phenoxy) is 2. The van der Waals surface area contributed by atoms with Crippen LogP contribution in [0.4, 0.5) is 10.5 Å². The van der Waals surface area contributed by atoms with Crippen LogP contribution in [0.5, 0.6) is 0 Å². The number of rotatable bonds is 4. The largest absolute Gasteiger partial charge is 0.382 e. The van der Waals surface area contributed by atoms with Crippen LogP contribution in [0.25, 0.3) is 0 Å². The fourth-order valence-corrected chi connectivity index (χ4v) is 2.84. The highest BCUT2D eigenvalue weighted by molar-refractivity contribution is 5.90. The maximum Gasteiger partial charge on any atom is 0.319 e. The van der Waals surface area contributed by atoms with Crippen molar-refractivity contribution >= 4 is 11.7 Å². The topological polar surface area (TPSA) is 59.6 Å². The van der Waals surface area contributed by atoms with Gasteiger partial charge in [-0.05, 0) is 42.5 Å². The molecule has 3 rings (SSSR count). The van der Waals surface area contributed by atoms with E-state index in [-0.39, 0.29) is 11.6 Å². The molecule has 2 N–H and O–H groups in total. The van der Waals surface area contributed by atoms with E-state index in [4.69, 9.17) is 9.47 Å². The number of anilines is 1. The van der Waals surface area contributed by atoms with Gasteiger partial charge in [0.15, 0.2) is 0 Å². The minimum atomic E-state index is -0.182. The highest BCUT2D eigenvalue weighted by Crippen LogP contribution is 2.32. The van der Waals surface area contributed by atoms with E-state index < -0.39 is 0 Å². The smallest absolute Gasteiger partial charge is 0.319 e. The first kappa shape index (κ1) is 13.4. The van der Waals surface area contributed by atoms with Crippen LogP contribution in [0.3, 0.4) is 0 Å². The molecule has 1 aromatic rings. The van der Waals surface area contributed by atoms with Crippen molar-refractivity contribution in [3.05, 3.63) is 29.3 Å². The van der Waals surface area contributed by atoms with Crippen molar-refractivity contribution in [2.24, 2.45) is 0 Å². The molecule has 0 saturated heterocycles. The summed E-state index contributed by atoms with van der Waals surface area (Å²) in [5.41, 5.74) is 2.97. The lowest BCUT2D eigenvalue weighted by Gasteiger charge is -2.41. The number of carbonyl (C=O) groups is 1. The van der Waals surface area contributed by atoms with Gasteiger partial charge in [0.1, 0.15) is 0 Å². The minimum absolute atomic E-state index is 0.166. The lowest BCUT2D eigenvalue weighted by atomic mass is 9.77. The SMILES string of the molecule is COCC1(NC(=O)Nc2ccc3c(c2)COC3)CCC1. The Kier molecular flexibility index (Phi) is 3.63. The molecule has 0 radical (unpaired) electrons. The summed E-state index contributed by atoms with van der Waals surface area (Å²) in [7, 11) is 1.67. The van der Waals surface area contributed by atoms with Crippen molar-refractivity contribution in [3.63, 3.8) is 0 Å². The molecule has 1 aromatic carbocycles. The molecule has 20 heavy (non-hydrogen) atoms. The second-order valence-corrected chi connectivity index (χ2v) is 5.62. The number of methoxy groups -OCH3 is 1. The van der Waals surface area contributed by atoms with Crippen molar-refractivity contribution in [2.75, 3.05) is 19.0 Å². The van der Waals surface area contributed by atoms with E-state index in [0.717, 1.165) is 30.5 Å². The molecule has 108 valence electrons. The standard InChI is InChI=1S/C15H20N2O3/c1-19-10-15(5-2-6-15)17-14(18)16-13-4-3-11-8-20-9-12(11)7-13/h3-4,7H,2,5-6,8-10H2,1H3,(H2,16,17,18). The summed E-state index contributed by atoms with van der Waals surface area (Å²) in [6, 6.07) is 5.73. The van der Waals surface area contributed by atoms with Gasteiger partial charge in [-0.3, -0.25) is 0 Å². The molecule has 2 amide bonds. The van der Waals surface area contributed by atoms with E-state index in [9.17, 15) is 4.79 Å². The lowest BCUT2D eigenvalue weighted by molar-refractivity contribution is 0.0648. The molecular weight excluding hydrogens is 256 g/mol. The van der Waals surface area contributed by atoms with Gasteiger partial charge in [-0.15, -0.1) is 0 Å². The Morgan fingerprint density at radius 1 is 1.35 bits per heavy atom. The number of hydrogen-bond acceptors (Lipinski definition) is 3. The number of carbonyl (C=O) groups excluding carboxylic acids is 1. The van der Waals surface area contributed by atoms with Gasteiger partial charge < -0.3 is 20.1 Å². The van der Waals surface area contributed by atoms with Crippen molar-refractivity contribution in [2.45, 2.75) is 38.0 Å². The molecule has 0 unspecified atom stereocenters. The molecule has 5 heteroatoms. The van der Waals surface area contributed by atoms with Gasteiger partial charge in [0.25, 0.3) is 0 Å². The molecule has 1 aliphatic carbocycles. The lowest BCUT2D eigenvalue weighted by Crippen LogP contribution is -2.57. The Morgan fingerprint density at radius 2 is 2.15 bits per heavy atom. The second kappa shape index (κ2) is 5.42. The van der Waals surface area contributed by atoms with E-state index in [2.05, 4.69) is 10.6 Å². The average Bonchev–Trinajstić information content (AvgIpc) is 2.83. The van der Waals surface area contributed by atoms with Gasteiger partial charge in [-0.1, -0.05) is 6.07 Å². The molecule has 0 aromatic heterocycles. The zero-order valence-corrected chi connectivity index (χ0v) is 11.7. The molecular formula is C15H20N2O3. The van der Waals surface area contributed by atoms with Crippen molar-refractivity contribution in [3.8, 4) is 0 Å². The fourth-order valence-electron chi connectivity index (χ4n) is 2.84. The van der Waals surface area contributed by atoms with Crippen molar-refractivity contribution in [1.82, 2.24) is 5.32 Å². The number of fused-ring (bicyclic) bond motifs is 1. The van der Waals surface area contributed by atoms with Gasteiger partial charge in [0, 0.05) is 12.8 Å². The second-order valence-electron chi connectivity index (χ2n) is 5.62. The van der Waals surface area contributed by atoms with E-state index >= 15 is 0 Å². The van der Waals surface area contributed by atoms with Gasteiger partial charge >= 0.3 is 6.03 Å². The normalized spacial score (nSPS) is 19.1. The van der Waals surface area contributed by atoms with Crippen molar-refractivity contribution < 1.29 is 14.3 Å². The molecule has 0 atom stereocenters. The Labute approximate surface area is 118 Å². The molecule has 5 nitrogen and oxygen atoms in total. The Morgan fingerprint density at radius 3 is 2.85 bits per heavy atom. The van der Waals surface area contributed by atoms with Gasteiger partial charge in [0.2, 0.25) is 0 Å². The summed E-state index contributed by atoms with van der Waals surface area (Å²) < 4.78 is 10.6. The molecule has 1 saturated carbocycles. The summed E-state index contributed by atoms with van der Waals surface area (Å²) in [6.07, 6.45) is 3.10. The van der Waals surface area contributed by atoms with E-state index in [1.807, 2.05) is 18.2 Å². The van der Waals surface area contributed by atoms with Crippen LogP contribution in [0.15, 0.2) is 18.2 Å². The highest BCUT2D eigenvalue weighted by atomic mass is 16.5. The Balaban J connectivity index is 1.61. The minimum Gasteiger partial charge on any atom is -0.382 e. The summed E-state index contributed by atoms with van der Waals surface area (Å²) >= 11 is 0. The van der Waals surface area contributed by atoms with Crippen LogP contribution in [0.1, 0.15) is 30.4 Å². The zero-order valence-electron chi connectivity index (χ0n) is 11.7. The molecule has 1 fully saturated rings.